The molecular weight excluding hydrogens is 474 g/mol. The topological polar surface area (TPSA) is 68.8 Å². The third-order valence-electron chi connectivity index (χ3n) is 6.76. The maximum Gasteiger partial charge on any atom is 0.232 e. The molecule has 4 rings (SSSR count). The van der Waals surface area contributed by atoms with Crippen molar-refractivity contribution in [3.63, 3.8) is 0 Å². The normalized spacial score (nSPS) is 13.8. The Morgan fingerprint density at radius 2 is 1.58 bits per heavy atom. The molecule has 8 nitrogen and oxygen atoms in total. The van der Waals surface area contributed by atoms with Crippen molar-refractivity contribution in [2.75, 3.05) is 60.8 Å². The summed E-state index contributed by atoms with van der Waals surface area (Å²) in [7, 11) is 3.82. The second kappa shape index (κ2) is 12.2. The average Bonchev–Trinajstić information content (AvgIpc) is 2.91. The summed E-state index contributed by atoms with van der Waals surface area (Å²) in [4.78, 5) is 16.7. The Labute approximate surface area is 227 Å². The number of hydrogen-bond donors (Lipinski definition) is 2. The van der Waals surface area contributed by atoms with E-state index in [0.29, 0.717) is 11.8 Å². The van der Waals surface area contributed by atoms with Gasteiger partial charge >= 0.3 is 0 Å². The summed E-state index contributed by atoms with van der Waals surface area (Å²) in [6.45, 7) is 14.8. The van der Waals surface area contributed by atoms with Gasteiger partial charge in [-0.2, -0.15) is 9.97 Å². The van der Waals surface area contributed by atoms with Crippen molar-refractivity contribution < 1.29 is 4.74 Å². The number of nitrogens with one attached hydrogen (secondary N) is 2. The minimum absolute atomic E-state index is 0.130. The number of allylic oxidation sites excluding steroid dienone is 1. The van der Waals surface area contributed by atoms with Gasteiger partial charge in [-0.25, -0.2) is 0 Å². The maximum atomic E-state index is 5.69. The largest absolute Gasteiger partial charge is 0.481 e. The molecule has 1 aromatic heterocycles. The molecule has 1 aliphatic rings. The Kier molecular flexibility index (Phi) is 8.73. The smallest absolute Gasteiger partial charge is 0.232 e. The van der Waals surface area contributed by atoms with Gasteiger partial charge in [0.2, 0.25) is 11.8 Å². The monoisotopic (exact) mass is 515 g/mol. The molecule has 0 atom stereocenters. The lowest BCUT2D eigenvalue weighted by Gasteiger charge is -2.34. The first-order chi connectivity index (χ1) is 18.3. The van der Waals surface area contributed by atoms with Crippen molar-refractivity contribution in [2.45, 2.75) is 40.7 Å². The zero-order chi connectivity index (χ0) is 27.2. The zero-order valence-corrected chi connectivity index (χ0v) is 23.7. The van der Waals surface area contributed by atoms with Crippen LogP contribution in [0.3, 0.4) is 0 Å². The average molecular weight is 516 g/mol. The number of rotatable bonds is 9. The highest BCUT2D eigenvalue weighted by atomic mass is 16.5. The Balaban J connectivity index is 1.64. The van der Waals surface area contributed by atoms with Crippen LogP contribution in [0.2, 0.25) is 0 Å². The molecule has 202 valence electrons. The first kappa shape index (κ1) is 27.3. The molecule has 1 fully saturated rings. The highest BCUT2D eigenvalue weighted by Crippen LogP contribution is 2.33. The lowest BCUT2D eigenvalue weighted by Crippen LogP contribution is -2.44. The number of para-hydroxylation sites is 1. The molecule has 8 heteroatoms. The van der Waals surface area contributed by atoms with E-state index in [4.69, 9.17) is 9.72 Å². The van der Waals surface area contributed by atoms with Gasteiger partial charge in [0, 0.05) is 49.3 Å². The van der Waals surface area contributed by atoms with Gasteiger partial charge in [-0.05, 0) is 83.6 Å². The fourth-order valence-corrected chi connectivity index (χ4v) is 4.62. The van der Waals surface area contributed by atoms with Crippen LogP contribution in [-0.2, 0) is 0 Å². The van der Waals surface area contributed by atoms with E-state index in [2.05, 4.69) is 101 Å². The summed E-state index contributed by atoms with van der Waals surface area (Å²) in [5.74, 6) is 2.82. The van der Waals surface area contributed by atoms with Gasteiger partial charge in [-0.1, -0.05) is 18.2 Å². The number of methoxy groups -OCH3 is 1. The van der Waals surface area contributed by atoms with E-state index in [1.807, 2.05) is 25.1 Å². The molecule has 0 unspecified atom stereocenters. The minimum Gasteiger partial charge on any atom is -0.481 e. The van der Waals surface area contributed by atoms with E-state index in [1.165, 1.54) is 5.69 Å². The van der Waals surface area contributed by atoms with Crippen LogP contribution >= 0.6 is 0 Å². The lowest BCUT2D eigenvalue weighted by atomic mass is 10.2. The lowest BCUT2D eigenvalue weighted by molar-refractivity contribution is 0.313. The van der Waals surface area contributed by atoms with Gasteiger partial charge in [-0.15, -0.1) is 0 Å². The van der Waals surface area contributed by atoms with Crippen LogP contribution in [-0.4, -0.2) is 61.2 Å². The van der Waals surface area contributed by atoms with E-state index in [9.17, 15) is 0 Å². The molecule has 2 N–H and O–H groups in total. The predicted molar refractivity (Wildman–Crippen MR) is 159 cm³/mol. The molecule has 2 aromatic carbocycles. The molecule has 38 heavy (non-hydrogen) atoms. The van der Waals surface area contributed by atoms with Crippen molar-refractivity contribution in [1.82, 2.24) is 14.9 Å². The SMILES string of the molecule is COc1nc(Nc2ccc(N3CCN(C)CC3)cc2)nc(N(C(Nc2ccccc2)=C(C)C)C(C)C)c1C. The Bertz CT molecular complexity index is 1230. The Morgan fingerprint density at radius 1 is 0.921 bits per heavy atom. The molecular formula is C30H41N7O. The number of likely N-dealkylation sites (N-methyl/N-ethyl adjacent to an activating group) is 1. The van der Waals surface area contributed by atoms with Gasteiger partial charge in [-0.3, -0.25) is 0 Å². The summed E-state index contributed by atoms with van der Waals surface area (Å²) >= 11 is 0. The third-order valence-corrected chi connectivity index (χ3v) is 6.76. The van der Waals surface area contributed by atoms with Crippen LogP contribution in [0.5, 0.6) is 5.88 Å². The minimum atomic E-state index is 0.130. The number of piperazine rings is 1. The molecule has 0 aliphatic carbocycles. The van der Waals surface area contributed by atoms with Crippen LogP contribution < -0.4 is 25.2 Å². The fraction of sp³-hybridized carbons (Fsp3) is 0.400. The van der Waals surface area contributed by atoms with Crippen molar-refractivity contribution in [3.8, 4) is 5.88 Å². The molecule has 0 saturated carbocycles. The highest BCUT2D eigenvalue weighted by molar-refractivity contribution is 5.66. The van der Waals surface area contributed by atoms with Gasteiger partial charge < -0.3 is 30.1 Å². The number of nitrogens with zero attached hydrogens (tertiary/aromatic N) is 5. The molecule has 1 saturated heterocycles. The van der Waals surface area contributed by atoms with Crippen LogP contribution in [0.1, 0.15) is 33.3 Å². The summed E-state index contributed by atoms with van der Waals surface area (Å²) < 4.78 is 5.69. The number of benzene rings is 2. The standard InChI is InChI=1S/C30H41N7O/c1-21(2)27(31-24-11-9-8-10-12-24)37(22(3)4)28-23(5)29(38-7)34-30(33-28)32-25-13-15-26(16-14-25)36-19-17-35(6)18-20-36/h8-16,22,31H,17-20H2,1-7H3,(H,32,33,34). The molecule has 1 aliphatic heterocycles. The maximum absolute atomic E-state index is 5.69. The molecule has 2 heterocycles. The Morgan fingerprint density at radius 3 is 2.16 bits per heavy atom. The van der Waals surface area contributed by atoms with E-state index in [-0.39, 0.29) is 6.04 Å². The number of hydrogen-bond acceptors (Lipinski definition) is 8. The summed E-state index contributed by atoms with van der Waals surface area (Å²) in [5.41, 5.74) is 5.21. The van der Waals surface area contributed by atoms with Crippen LogP contribution in [0.15, 0.2) is 66.0 Å². The van der Waals surface area contributed by atoms with Gasteiger partial charge in [0.15, 0.2) is 0 Å². The second-order valence-corrected chi connectivity index (χ2v) is 10.3. The van der Waals surface area contributed by atoms with Gasteiger partial charge in [0.05, 0.1) is 12.7 Å². The van der Waals surface area contributed by atoms with E-state index in [0.717, 1.165) is 60.3 Å². The van der Waals surface area contributed by atoms with Gasteiger partial charge in [0.1, 0.15) is 11.6 Å². The van der Waals surface area contributed by atoms with Crippen LogP contribution in [0.4, 0.5) is 28.8 Å². The van der Waals surface area contributed by atoms with E-state index >= 15 is 0 Å². The summed E-state index contributed by atoms with van der Waals surface area (Å²) in [6.07, 6.45) is 0. The zero-order valence-electron chi connectivity index (χ0n) is 23.7. The van der Waals surface area contributed by atoms with Crippen LogP contribution in [0, 0.1) is 6.92 Å². The Hall–Kier alpha value is -3.78. The van der Waals surface area contributed by atoms with Crippen molar-refractivity contribution in [3.05, 3.63) is 71.6 Å². The predicted octanol–water partition coefficient (Wildman–Crippen LogP) is 5.87. The quantitative estimate of drug-likeness (QED) is 0.367. The highest BCUT2D eigenvalue weighted by Gasteiger charge is 2.24. The fourth-order valence-electron chi connectivity index (χ4n) is 4.62. The summed E-state index contributed by atoms with van der Waals surface area (Å²) in [5, 5.41) is 7.01. The van der Waals surface area contributed by atoms with Gasteiger partial charge in [0.25, 0.3) is 0 Å². The number of ether oxygens (including phenoxy) is 1. The van der Waals surface area contributed by atoms with Crippen molar-refractivity contribution in [1.29, 1.82) is 0 Å². The van der Waals surface area contributed by atoms with Crippen molar-refractivity contribution >= 4 is 28.8 Å². The number of aromatic nitrogens is 2. The molecule has 0 bridgehead atoms. The summed E-state index contributed by atoms with van der Waals surface area (Å²) in [6, 6.07) is 18.8. The molecule has 0 radical (unpaired) electrons. The molecule has 0 spiro atoms. The number of anilines is 5. The first-order valence-electron chi connectivity index (χ1n) is 13.3. The molecule has 3 aromatic rings. The second-order valence-electron chi connectivity index (χ2n) is 10.3. The molecule has 0 amide bonds. The van der Waals surface area contributed by atoms with Crippen molar-refractivity contribution in [2.24, 2.45) is 0 Å². The first-order valence-corrected chi connectivity index (χ1v) is 13.3. The van der Waals surface area contributed by atoms with Crippen LogP contribution in [0.25, 0.3) is 0 Å². The van der Waals surface area contributed by atoms with E-state index in [1.54, 1.807) is 7.11 Å². The third kappa shape index (κ3) is 6.37. The van der Waals surface area contributed by atoms with E-state index < -0.39 is 0 Å².